The summed E-state index contributed by atoms with van der Waals surface area (Å²) in [6.07, 6.45) is 7.78. The van der Waals surface area contributed by atoms with E-state index < -0.39 is 197 Å². The Bertz CT molecular complexity index is 3650. The van der Waals surface area contributed by atoms with Crippen LogP contribution in [0.4, 0.5) is 0 Å². The average molecular weight is 1740 g/mol. The van der Waals surface area contributed by atoms with Crippen molar-refractivity contribution in [1.82, 2.24) is 79.4 Å². The molecule has 2 aromatic rings. The van der Waals surface area contributed by atoms with Gasteiger partial charge in [0.2, 0.25) is 88.6 Å². The number of benzene rings is 1. The molecule has 0 saturated heterocycles. The Kier molecular flexibility index (Phi) is 52.3. The van der Waals surface area contributed by atoms with E-state index in [1.807, 2.05) is 79.7 Å². The van der Waals surface area contributed by atoms with Crippen LogP contribution in [0.2, 0.25) is 0 Å². The molecule has 698 valence electrons. The number of rotatable bonds is 63. The summed E-state index contributed by atoms with van der Waals surface area (Å²) in [5.74, 6) is -13.2. The smallest absolute Gasteiger partial charge is 0.243 e. The molecule has 1 heterocycles. The lowest BCUT2D eigenvalue weighted by molar-refractivity contribution is -0.137. The van der Waals surface area contributed by atoms with Crippen LogP contribution in [0, 0.1) is 41.4 Å². The van der Waals surface area contributed by atoms with Crippen LogP contribution in [0.1, 0.15) is 238 Å². The Labute approximate surface area is 727 Å². The fraction of sp³-hybridized carbons (Fsp3) is 0.733. The van der Waals surface area contributed by atoms with Crippen molar-refractivity contribution in [2.24, 2.45) is 81.6 Å². The van der Waals surface area contributed by atoms with Gasteiger partial charge < -0.3 is 120 Å². The van der Waals surface area contributed by atoms with E-state index in [1.165, 1.54) is 6.92 Å². The second-order valence-electron chi connectivity index (χ2n) is 34.9. The van der Waals surface area contributed by atoms with Crippen LogP contribution in [0.3, 0.4) is 0 Å². The molecule has 0 aliphatic carbocycles. The number of para-hydroxylation sites is 1. The van der Waals surface area contributed by atoms with Crippen LogP contribution in [-0.2, 0) is 78.3 Å². The summed E-state index contributed by atoms with van der Waals surface area (Å²) >= 11 is 0. The highest BCUT2D eigenvalue weighted by molar-refractivity contribution is 6.00. The summed E-state index contributed by atoms with van der Waals surface area (Å²) in [7, 11) is 0. The number of amides is 15. The van der Waals surface area contributed by atoms with Gasteiger partial charge >= 0.3 is 0 Å². The highest BCUT2D eigenvalue weighted by Gasteiger charge is 2.39. The second-order valence-corrected chi connectivity index (χ2v) is 34.9. The Balaban J connectivity index is 2.40. The van der Waals surface area contributed by atoms with E-state index in [1.54, 1.807) is 47.7 Å². The van der Waals surface area contributed by atoms with Crippen molar-refractivity contribution in [2.45, 2.75) is 323 Å². The number of aromatic nitrogens is 1. The highest BCUT2D eigenvalue weighted by atomic mass is 16.2. The molecule has 2 rings (SSSR count). The summed E-state index contributed by atoms with van der Waals surface area (Å²) in [5.41, 5.74) is 42.5. The molecular weight excluding hydrogens is 1580 g/mol. The van der Waals surface area contributed by atoms with Crippen LogP contribution in [-0.4, -0.2) is 217 Å². The number of primary amides is 1. The van der Waals surface area contributed by atoms with E-state index >= 15 is 0 Å². The lowest BCUT2D eigenvalue weighted by Gasteiger charge is -2.30. The van der Waals surface area contributed by atoms with E-state index in [4.69, 9.17) is 40.1 Å². The Morgan fingerprint density at radius 3 is 1.08 bits per heavy atom. The standard InChI is InChI=1S/C86H154N22O15/c1-16-54(14)72(86(123)105-66(43-50(6)7)81(118)96-55(15)74(111)106-70(52(10)11)85(122)104-67(44-51(8)9)82(119)100-62(34-22-27-39-90)79(116)107-71(53(12)13)84(121)101-64(73(93)110)41-48(2)3)108-80(117)63(35-23-28-40-91)98-77(114)60(32-20-25-37-88)97-69(109)47-95-76(113)65(42-49(4)5)103-78(115)61(33-21-26-38-89)99-83(120)68(102-75(112)58(92)30-19-24-36-87)45-56-46-94-59-31-18-17-29-57(56)59/h17-18,29,31,46,48-55,58,60-68,70-72,94H,16,19-28,30,32-45,47,87-92H2,1-15H3,(H2,93,110)(H,95,113)(H,96,118)(H,97,109)(H,98,114)(H,99,120)(H,100,119)(H,101,121)(H,102,112)(H,103,115)(H,104,122)(H,105,123)(H,106,111)(H,107,116)(H,108,117)/t54-,55-,58-,60-,61-,62-,63-,64-,65-,66-,67-,68-,70-,71-,72-/m0/s1. The van der Waals surface area contributed by atoms with Crippen molar-refractivity contribution in [3.63, 3.8) is 0 Å². The summed E-state index contributed by atoms with van der Waals surface area (Å²) in [6, 6.07) is -9.50. The molecule has 123 heavy (non-hydrogen) atoms. The molecule has 1 aromatic carbocycles. The third-order valence-electron chi connectivity index (χ3n) is 21.2. The molecule has 0 unspecified atom stereocenters. The molecule has 1 aromatic heterocycles. The predicted octanol–water partition coefficient (Wildman–Crippen LogP) is 0.149. The highest BCUT2D eigenvalue weighted by Crippen LogP contribution is 2.22. The third-order valence-corrected chi connectivity index (χ3v) is 21.2. The molecule has 37 heteroatoms. The normalized spacial score (nSPS) is 15.2. The molecule has 15 amide bonds. The quantitative estimate of drug-likeness (QED) is 0.0392. The lowest BCUT2D eigenvalue weighted by Crippen LogP contribution is -2.61. The van der Waals surface area contributed by atoms with Crippen LogP contribution < -0.4 is 115 Å². The van der Waals surface area contributed by atoms with E-state index in [0.717, 1.165) is 16.5 Å². The van der Waals surface area contributed by atoms with Crippen molar-refractivity contribution in [3.05, 3.63) is 36.0 Å². The second kappa shape index (κ2) is 58.6. The van der Waals surface area contributed by atoms with Crippen LogP contribution in [0.5, 0.6) is 0 Å². The van der Waals surface area contributed by atoms with Crippen molar-refractivity contribution < 1.29 is 71.9 Å². The van der Waals surface area contributed by atoms with Crippen LogP contribution in [0.15, 0.2) is 30.5 Å². The summed E-state index contributed by atoms with van der Waals surface area (Å²) in [4.78, 5) is 215. The number of unbranched alkanes of at least 4 members (excludes halogenated alkanes) is 5. The Morgan fingerprint density at radius 2 is 0.667 bits per heavy atom. The van der Waals surface area contributed by atoms with Crippen molar-refractivity contribution >= 4 is 99.5 Å². The largest absolute Gasteiger partial charge is 0.368 e. The number of nitrogens with one attached hydrogen (secondary N) is 15. The van der Waals surface area contributed by atoms with Gasteiger partial charge in [-0.25, -0.2) is 0 Å². The number of hydrogen-bond donors (Lipinski definition) is 22. The first-order valence-electron chi connectivity index (χ1n) is 44.4. The Morgan fingerprint density at radius 1 is 0.341 bits per heavy atom. The zero-order valence-electron chi connectivity index (χ0n) is 75.8. The molecule has 29 N–H and O–H groups in total. The number of fused-ring (bicyclic) bond motifs is 1. The van der Waals surface area contributed by atoms with Gasteiger partial charge in [0.05, 0.1) is 12.6 Å². The van der Waals surface area contributed by atoms with Gasteiger partial charge in [-0.2, -0.15) is 0 Å². The van der Waals surface area contributed by atoms with Gasteiger partial charge in [0, 0.05) is 23.5 Å². The molecule has 37 nitrogen and oxygen atoms in total. The maximum Gasteiger partial charge on any atom is 0.243 e. The van der Waals surface area contributed by atoms with Gasteiger partial charge in [0.15, 0.2) is 0 Å². The minimum Gasteiger partial charge on any atom is -0.368 e. The van der Waals surface area contributed by atoms with Crippen molar-refractivity contribution in [3.8, 4) is 0 Å². The third kappa shape index (κ3) is 41.3. The molecule has 0 aliphatic rings. The summed E-state index contributed by atoms with van der Waals surface area (Å²) in [5, 5.41) is 39.2. The fourth-order valence-electron chi connectivity index (χ4n) is 13.9. The van der Waals surface area contributed by atoms with Crippen molar-refractivity contribution in [1.29, 1.82) is 0 Å². The molecule has 15 atom stereocenters. The maximum atomic E-state index is 14.7. The maximum absolute atomic E-state index is 14.7. The van der Waals surface area contributed by atoms with Gasteiger partial charge in [-0.05, 0) is 208 Å². The van der Waals surface area contributed by atoms with E-state index in [0.29, 0.717) is 90.1 Å². The molecular formula is C86H154N22O15. The van der Waals surface area contributed by atoms with E-state index in [2.05, 4.69) is 79.4 Å². The zero-order chi connectivity index (χ0) is 92.8. The zero-order valence-corrected chi connectivity index (χ0v) is 75.8. The average Bonchev–Trinajstić information content (AvgIpc) is 1.72. The number of carbonyl (C=O) groups excluding carboxylic acids is 15. The summed E-state index contributed by atoms with van der Waals surface area (Å²) in [6.45, 7) is 27.1. The van der Waals surface area contributed by atoms with Crippen LogP contribution in [0.25, 0.3) is 10.9 Å². The number of aromatic amines is 1. The summed E-state index contributed by atoms with van der Waals surface area (Å²) < 4.78 is 0. The van der Waals surface area contributed by atoms with Crippen molar-refractivity contribution in [2.75, 3.05) is 39.3 Å². The minimum absolute atomic E-state index is 0.00551. The van der Waals surface area contributed by atoms with E-state index in [-0.39, 0.29) is 101 Å². The fourth-order valence-corrected chi connectivity index (χ4v) is 13.9. The molecule has 0 spiro atoms. The number of nitrogens with two attached hydrogens (primary N) is 7. The molecule has 0 fully saturated rings. The molecule has 0 bridgehead atoms. The van der Waals surface area contributed by atoms with Gasteiger partial charge in [0.1, 0.15) is 78.5 Å². The van der Waals surface area contributed by atoms with Crippen LogP contribution >= 0.6 is 0 Å². The topological polar surface area (TPSA) is 622 Å². The first-order valence-corrected chi connectivity index (χ1v) is 44.4. The molecule has 0 aliphatic heterocycles. The predicted molar refractivity (Wildman–Crippen MR) is 474 cm³/mol. The Hall–Kier alpha value is -9.43. The first kappa shape index (κ1) is 110. The van der Waals surface area contributed by atoms with E-state index in [9.17, 15) is 71.9 Å². The minimum atomic E-state index is -1.32. The first-order chi connectivity index (χ1) is 58.1. The molecule has 0 radical (unpaired) electrons. The van der Waals surface area contributed by atoms with Gasteiger partial charge in [-0.3, -0.25) is 71.9 Å². The van der Waals surface area contributed by atoms with Gasteiger partial charge in [0.25, 0.3) is 0 Å². The van der Waals surface area contributed by atoms with Gasteiger partial charge in [-0.1, -0.05) is 128 Å². The van der Waals surface area contributed by atoms with Gasteiger partial charge in [-0.15, -0.1) is 0 Å². The lowest BCUT2D eigenvalue weighted by atomic mass is 9.96. The number of hydrogen-bond acceptors (Lipinski definition) is 21. The number of carbonyl (C=O) groups is 15. The monoisotopic (exact) mass is 1740 g/mol. The number of H-pyrrole nitrogens is 1. The SMILES string of the molecule is CC[C@H](C)[C@H](NC(=O)[C@H](CCCCN)NC(=O)[C@H](CCCCN)NC(=O)CNC(=O)[C@H](CC(C)C)NC(=O)[C@H](CCCCN)NC(=O)[C@H](Cc1c[nH]c2ccccc12)NC(=O)[C@@H](N)CCCCN)C(=O)N[C@@H](CC(C)C)C(=O)N[C@@H](C)C(=O)N[C@H](C(=O)N[C@@H](CC(C)C)C(=O)N[C@@H](CCCCN)C(=O)N[C@H](C(=O)N[C@@H](CC(C)C)C(N)=O)C(C)C)C(C)C. The molecule has 0 saturated carbocycles.